The van der Waals surface area contributed by atoms with Crippen LogP contribution in [0.5, 0.6) is 0 Å². The second-order valence-corrected chi connectivity index (χ2v) is 7.03. The maximum Gasteiger partial charge on any atom is 0.183 e. The molecule has 1 aromatic heterocycles. The first kappa shape index (κ1) is 15.3. The first-order valence-electron chi connectivity index (χ1n) is 8.86. The van der Waals surface area contributed by atoms with Crippen molar-refractivity contribution in [2.45, 2.75) is 44.2 Å². The van der Waals surface area contributed by atoms with Crippen molar-refractivity contribution in [1.29, 1.82) is 0 Å². The van der Waals surface area contributed by atoms with Crippen LogP contribution >= 0.6 is 0 Å². The summed E-state index contributed by atoms with van der Waals surface area (Å²) in [5.74, 6) is 0.839. The van der Waals surface area contributed by atoms with Gasteiger partial charge in [-0.3, -0.25) is 4.98 Å². The number of nitrogens with zero attached hydrogens (tertiary/aromatic N) is 2. The van der Waals surface area contributed by atoms with Gasteiger partial charge in [-0.25, -0.2) is 0 Å². The molecule has 0 N–H and O–H groups in total. The highest BCUT2D eigenvalue weighted by Crippen LogP contribution is 2.40. The second kappa shape index (κ2) is 6.31. The SMILES string of the molecule is C=C1OC2(CCCCC2)CN1Cc1cccc(-c2ccncc2)c1. The van der Waals surface area contributed by atoms with Gasteiger partial charge in [-0.1, -0.05) is 24.6 Å². The summed E-state index contributed by atoms with van der Waals surface area (Å²) in [4.78, 5) is 6.40. The maximum atomic E-state index is 6.21. The number of ether oxygens (including phenoxy) is 1. The summed E-state index contributed by atoms with van der Waals surface area (Å²) in [5, 5.41) is 0. The Balaban J connectivity index is 1.50. The zero-order valence-electron chi connectivity index (χ0n) is 14.1. The van der Waals surface area contributed by atoms with Gasteiger partial charge < -0.3 is 9.64 Å². The summed E-state index contributed by atoms with van der Waals surface area (Å²) in [7, 11) is 0. The molecule has 0 unspecified atom stereocenters. The Morgan fingerprint density at radius 3 is 2.62 bits per heavy atom. The number of rotatable bonds is 3. The summed E-state index contributed by atoms with van der Waals surface area (Å²) >= 11 is 0. The van der Waals surface area contributed by atoms with Gasteiger partial charge in [0.05, 0.1) is 6.54 Å². The molecule has 2 aromatic rings. The quantitative estimate of drug-likeness (QED) is 0.815. The smallest absolute Gasteiger partial charge is 0.183 e. The van der Waals surface area contributed by atoms with Gasteiger partial charge in [-0.2, -0.15) is 0 Å². The van der Waals surface area contributed by atoms with Crippen LogP contribution < -0.4 is 0 Å². The molecule has 0 atom stereocenters. The van der Waals surface area contributed by atoms with Crippen LogP contribution in [0.4, 0.5) is 0 Å². The van der Waals surface area contributed by atoms with Crippen LogP contribution in [0.3, 0.4) is 0 Å². The highest BCUT2D eigenvalue weighted by atomic mass is 16.5. The molecule has 1 saturated carbocycles. The van der Waals surface area contributed by atoms with E-state index in [0.717, 1.165) is 19.0 Å². The zero-order valence-corrected chi connectivity index (χ0v) is 14.1. The minimum Gasteiger partial charge on any atom is -0.471 e. The number of benzene rings is 1. The van der Waals surface area contributed by atoms with Gasteiger partial charge in [0.1, 0.15) is 5.60 Å². The average molecular weight is 320 g/mol. The predicted molar refractivity (Wildman–Crippen MR) is 96.1 cm³/mol. The van der Waals surface area contributed by atoms with E-state index >= 15 is 0 Å². The lowest BCUT2D eigenvalue weighted by Crippen LogP contribution is -2.36. The second-order valence-electron chi connectivity index (χ2n) is 7.03. The van der Waals surface area contributed by atoms with E-state index in [9.17, 15) is 0 Å². The fraction of sp³-hybridized carbons (Fsp3) is 0.381. The first-order valence-corrected chi connectivity index (χ1v) is 8.86. The van der Waals surface area contributed by atoms with Crippen LogP contribution in [0.25, 0.3) is 11.1 Å². The molecule has 3 heteroatoms. The average Bonchev–Trinajstić information content (AvgIpc) is 2.91. The third-order valence-corrected chi connectivity index (χ3v) is 5.24. The third kappa shape index (κ3) is 3.03. The van der Waals surface area contributed by atoms with E-state index in [-0.39, 0.29) is 5.60 Å². The molecule has 1 aromatic carbocycles. The van der Waals surface area contributed by atoms with Crippen molar-refractivity contribution in [2.75, 3.05) is 6.54 Å². The monoisotopic (exact) mass is 320 g/mol. The van der Waals surface area contributed by atoms with E-state index in [4.69, 9.17) is 4.74 Å². The van der Waals surface area contributed by atoms with Gasteiger partial charge >= 0.3 is 0 Å². The van der Waals surface area contributed by atoms with Crippen LogP contribution in [0, 0.1) is 0 Å². The molecule has 1 aliphatic heterocycles. The first-order chi connectivity index (χ1) is 11.7. The number of pyridine rings is 1. The minimum atomic E-state index is 0.0258. The van der Waals surface area contributed by atoms with Crippen LogP contribution in [-0.2, 0) is 11.3 Å². The maximum absolute atomic E-state index is 6.21. The Hall–Kier alpha value is -2.29. The lowest BCUT2D eigenvalue weighted by atomic mass is 9.85. The lowest BCUT2D eigenvalue weighted by molar-refractivity contribution is 0.0159. The molecule has 0 bridgehead atoms. The van der Waals surface area contributed by atoms with Gasteiger partial charge in [0.2, 0.25) is 0 Å². The van der Waals surface area contributed by atoms with Crippen molar-refractivity contribution in [2.24, 2.45) is 0 Å². The van der Waals surface area contributed by atoms with Gasteiger partial charge in [0.15, 0.2) is 5.88 Å². The molecule has 3 nitrogen and oxygen atoms in total. The molecule has 0 amide bonds. The number of aromatic nitrogens is 1. The molecular weight excluding hydrogens is 296 g/mol. The van der Waals surface area contributed by atoms with E-state index < -0.39 is 0 Å². The van der Waals surface area contributed by atoms with Crippen LogP contribution in [-0.4, -0.2) is 22.0 Å². The van der Waals surface area contributed by atoms with E-state index in [0.29, 0.717) is 0 Å². The molecule has 2 heterocycles. The van der Waals surface area contributed by atoms with Crippen molar-refractivity contribution in [1.82, 2.24) is 9.88 Å². The van der Waals surface area contributed by atoms with E-state index in [1.54, 1.807) is 0 Å². The van der Waals surface area contributed by atoms with Gasteiger partial charge in [0, 0.05) is 18.9 Å². The van der Waals surface area contributed by atoms with Crippen LogP contribution in [0.15, 0.2) is 61.3 Å². The Morgan fingerprint density at radius 1 is 1.04 bits per heavy atom. The van der Waals surface area contributed by atoms with E-state index in [2.05, 4.69) is 40.7 Å². The fourth-order valence-corrected chi connectivity index (χ4v) is 4.00. The lowest BCUT2D eigenvalue weighted by Gasteiger charge is -2.31. The molecule has 1 aliphatic carbocycles. The summed E-state index contributed by atoms with van der Waals surface area (Å²) in [6.07, 6.45) is 9.90. The van der Waals surface area contributed by atoms with Gasteiger partial charge in [0.25, 0.3) is 0 Å². The molecule has 1 saturated heterocycles. The summed E-state index contributed by atoms with van der Waals surface area (Å²) in [5.41, 5.74) is 3.75. The molecule has 2 aliphatic rings. The van der Waals surface area contributed by atoms with Crippen molar-refractivity contribution in [3.8, 4) is 11.1 Å². The molecular formula is C21H24N2O. The highest BCUT2D eigenvalue weighted by molar-refractivity contribution is 5.63. The number of hydrogen-bond donors (Lipinski definition) is 0. The summed E-state index contributed by atoms with van der Waals surface area (Å²) in [6, 6.07) is 12.8. The molecule has 24 heavy (non-hydrogen) atoms. The zero-order chi connectivity index (χ0) is 16.4. The van der Waals surface area contributed by atoms with E-state index in [1.807, 2.05) is 24.5 Å². The number of hydrogen-bond acceptors (Lipinski definition) is 3. The summed E-state index contributed by atoms with van der Waals surface area (Å²) in [6.45, 7) is 6.00. The Bertz CT molecular complexity index is 720. The largest absolute Gasteiger partial charge is 0.471 e. The predicted octanol–water partition coefficient (Wildman–Crippen LogP) is 4.75. The molecule has 2 fully saturated rings. The summed E-state index contributed by atoms with van der Waals surface area (Å²) < 4.78 is 6.21. The Kier molecular flexibility index (Phi) is 4.01. The third-order valence-electron chi connectivity index (χ3n) is 5.24. The van der Waals surface area contributed by atoms with Crippen molar-refractivity contribution in [3.05, 3.63) is 66.8 Å². The van der Waals surface area contributed by atoms with Crippen molar-refractivity contribution in [3.63, 3.8) is 0 Å². The fourth-order valence-electron chi connectivity index (χ4n) is 4.00. The Labute approximate surface area is 144 Å². The highest BCUT2D eigenvalue weighted by Gasteiger charge is 2.42. The van der Waals surface area contributed by atoms with Gasteiger partial charge in [-0.05, 0) is 67.2 Å². The molecule has 124 valence electrons. The van der Waals surface area contributed by atoms with Gasteiger partial charge in [-0.15, -0.1) is 0 Å². The standard InChI is InChI=1S/C21H24N2O/c1-17-23(16-21(24-17)10-3-2-4-11-21)15-18-6-5-7-20(14-18)19-8-12-22-13-9-19/h5-9,12-14H,1-4,10-11,15-16H2. The minimum absolute atomic E-state index is 0.0258. The molecule has 1 spiro atoms. The molecule has 0 radical (unpaired) electrons. The Morgan fingerprint density at radius 2 is 1.83 bits per heavy atom. The normalized spacial score (nSPS) is 19.5. The van der Waals surface area contributed by atoms with Crippen molar-refractivity contribution < 1.29 is 4.74 Å². The molecule has 4 rings (SSSR count). The van der Waals surface area contributed by atoms with E-state index in [1.165, 1.54) is 48.8 Å². The van der Waals surface area contributed by atoms with Crippen LogP contribution in [0.2, 0.25) is 0 Å². The van der Waals surface area contributed by atoms with Crippen molar-refractivity contribution >= 4 is 0 Å². The topological polar surface area (TPSA) is 25.4 Å². The van der Waals surface area contributed by atoms with Crippen LogP contribution in [0.1, 0.15) is 37.7 Å².